The van der Waals surface area contributed by atoms with Gasteiger partial charge in [-0.2, -0.15) is 0 Å². The predicted octanol–water partition coefficient (Wildman–Crippen LogP) is 1.81. The number of fused-ring (bicyclic) bond motifs is 1. The topological polar surface area (TPSA) is 53.4 Å². The molecule has 0 saturated carbocycles. The van der Waals surface area contributed by atoms with Crippen molar-refractivity contribution in [2.45, 2.75) is 6.54 Å². The van der Waals surface area contributed by atoms with E-state index in [1.165, 1.54) is 0 Å². The van der Waals surface area contributed by atoms with Gasteiger partial charge >= 0.3 is 0 Å². The van der Waals surface area contributed by atoms with Crippen molar-refractivity contribution in [1.29, 1.82) is 0 Å². The van der Waals surface area contributed by atoms with Crippen LogP contribution in [0.1, 0.15) is 15.9 Å². The first-order chi connectivity index (χ1) is 8.13. The number of hydrogen-bond acceptors (Lipinski definition) is 4. The second kappa shape index (κ2) is 4.51. The number of hydrogen-bond donors (Lipinski definition) is 1. The minimum atomic E-state index is -0.0325. The maximum absolute atomic E-state index is 11.1. The van der Waals surface area contributed by atoms with Gasteiger partial charge < -0.3 is 10.0 Å². The van der Waals surface area contributed by atoms with Gasteiger partial charge in [0.2, 0.25) is 0 Å². The molecule has 1 heterocycles. The molecule has 88 valence electrons. The van der Waals surface area contributed by atoms with E-state index in [4.69, 9.17) is 0 Å². The van der Waals surface area contributed by atoms with E-state index in [-0.39, 0.29) is 5.75 Å². The molecular weight excluding hydrogens is 216 g/mol. The SMILES string of the molecule is CN(C)Cc1cc2cccnc2c(O)c1C=O. The van der Waals surface area contributed by atoms with Gasteiger partial charge in [-0.15, -0.1) is 0 Å². The summed E-state index contributed by atoms with van der Waals surface area (Å²) in [5.41, 5.74) is 1.60. The van der Waals surface area contributed by atoms with Crippen LogP contribution in [0.5, 0.6) is 5.75 Å². The maximum atomic E-state index is 11.1. The first-order valence-electron chi connectivity index (χ1n) is 5.33. The Kier molecular flexibility index (Phi) is 3.06. The van der Waals surface area contributed by atoms with Crippen LogP contribution in [-0.2, 0) is 6.54 Å². The van der Waals surface area contributed by atoms with Crippen LogP contribution < -0.4 is 0 Å². The molecule has 0 spiro atoms. The Morgan fingerprint density at radius 3 is 2.88 bits per heavy atom. The number of carbonyl (C=O) groups is 1. The molecule has 1 N–H and O–H groups in total. The highest BCUT2D eigenvalue weighted by molar-refractivity contribution is 5.95. The number of aromatic hydroxyl groups is 1. The lowest BCUT2D eigenvalue weighted by Crippen LogP contribution is -2.12. The maximum Gasteiger partial charge on any atom is 0.154 e. The number of phenols is 1. The number of nitrogens with zero attached hydrogens (tertiary/aromatic N) is 2. The summed E-state index contributed by atoms with van der Waals surface area (Å²) in [5.74, 6) is -0.0325. The molecule has 0 unspecified atom stereocenters. The molecule has 0 radical (unpaired) electrons. The molecule has 1 aromatic carbocycles. The largest absolute Gasteiger partial charge is 0.505 e. The van der Waals surface area contributed by atoms with E-state index >= 15 is 0 Å². The van der Waals surface area contributed by atoms with E-state index in [0.717, 1.165) is 10.9 Å². The molecule has 0 amide bonds. The Labute approximate surface area is 99.5 Å². The first-order valence-corrected chi connectivity index (χ1v) is 5.33. The number of pyridine rings is 1. The van der Waals surface area contributed by atoms with E-state index < -0.39 is 0 Å². The molecule has 2 rings (SSSR count). The molecule has 4 nitrogen and oxygen atoms in total. The Bertz CT molecular complexity index is 565. The fourth-order valence-corrected chi connectivity index (χ4v) is 1.88. The van der Waals surface area contributed by atoms with Gasteiger partial charge in [-0.25, -0.2) is 0 Å². The Morgan fingerprint density at radius 1 is 1.47 bits per heavy atom. The smallest absolute Gasteiger partial charge is 0.154 e. The Balaban J connectivity index is 2.70. The predicted molar refractivity (Wildman–Crippen MR) is 66.2 cm³/mol. The molecule has 4 heteroatoms. The summed E-state index contributed by atoms with van der Waals surface area (Å²) < 4.78 is 0. The minimum absolute atomic E-state index is 0.0325. The fraction of sp³-hybridized carbons (Fsp3) is 0.231. The van der Waals surface area contributed by atoms with Crippen LogP contribution in [0.25, 0.3) is 10.9 Å². The Morgan fingerprint density at radius 2 is 2.24 bits per heavy atom. The molecule has 0 aliphatic heterocycles. The molecule has 0 saturated heterocycles. The third kappa shape index (κ3) is 2.12. The molecule has 0 aliphatic carbocycles. The number of carbonyl (C=O) groups excluding carboxylic acids is 1. The van der Waals surface area contributed by atoms with E-state index in [1.807, 2.05) is 37.2 Å². The summed E-state index contributed by atoms with van der Waals surface area (Å²) in [7, 11) is 3.83. The Hall–Kier alpha value is -1.94. The van der Waals surface area contributed by atoms with Crippen molar-refractivity contribution in [3.63, 3.8) is 0 Å². The highest BCUT2D eigenvalue weighted by Gasteiger charge is 2.13. The lowest BCUT2D eigenvalue weighted by molar-refractivity contribution is 0.111. The average Bonchev–Trinajstić information content (AvgIpc) is 2.29. The minimum Gasteiger partial charge on any atom is -0.505 e. The van der Waals surface area contributed by atoms with Crippen LogP contribution in [0.4, 0.5) is 0 Å². The summed E-state index contributed by atoms with van der Waals surface area (Å²) in [6.45, 7) is 0.604. The van der Waals surface area contributed by atoms with Gasteiger partial charge in [-0.05, 0) is 31.8 Å². The van der Waals surface area contributed by atoms with Crippen molar-refractivity contribution in [2.75, 3.05) is 14.1 Å². The average molecular weight is 230 g/mol. The van der Waals surface area contributed by atoms with E-state index in [1.54, 1.807) is 6.20 Å². The van der Waals surface area contributed by atoms with Gasteiger partial charge in [0.1, 0.15) is 5.52 Å². The van der Waals surface area contributed by atoms with E-state index in [0.29, 0.717) is 23.9 Å². The summed E-state index contributed by atoms with van der Waals surface area (Å²) in [5, 5.41) is 10.9. The normalized spacial score (nSPS) is 11.0. The second-order valence-corrected chi connectivity index (χ2v) is 4.23. The highest BCUT2D eigenvalue weighted by atomic mass is 16.3. The van der Waals surface area contributed by atoms with E-state index in [9.17, 15) is 9.90 Å². The van der Waals surface area contributed by atoms with Crippen LogP contribution in [0.3, 0.4) is 0 Å². The summed E-state index contributed by atoms with van der Waals surface area (Å²) in [4.78, 5) is 17.1. The van der Waals surface area contributed by atoms with Crippen molar-refractivity contribution in [3.8, 4) is 5.75 Å². The third-order valence-electron chi connectivity index (χ3n) is 2.60. The zero-order chi connectivity index (χ0) is 12.4. The summed E-state index contributed by atoms with van der Waals surface area (Å²) in [6.07, 6.45) is 2.28. The molecule has 0 aliphatic rings. The van der Waals surface area contributed by atoms with Crippen molar-refractivity contribution >= 4 is 17.2 Å². The number of aromatic nitrogens is 1. The molecule has 17 heavy (non-hydrogen) atoms. The monoisotopic (exact) mass is 230 g/mol. The van der Waals surface area contributed by atoms with Crippen LogP contribution in [0.2, 0.25) is 0 Å². The zero-order valence-corrected chi connectivity index (χ0v) is 9.84. The summed E-state index contributed by atoms with van der Waals surface area (Å²) in [6, 6.07) is 5.57. The zero-order valence-electron chi connectivity index (χ0n) is 9.84. The van der Waals surface area contributed by atoms with Gasteiger partial charge in [0.25, 0.3) is 0 Å². The quantitative estimate of drug-likeness (QED) is 0.817. The van der Waals surface area contributed by atoms with Crippen LogP contribution in [0.15, 0.2) is 24.4 Å². The van der Waals surface area contributed by atoms with Crippen molar-refractivity contribution in [3.05, 3.63) is 35.5 Å². The number of aldehydes is 1. The second-order valence-electron chi connectivity index (χ2n) is 4.23. The van der Waals surface area contributed by atoms with E-state index in [2.05, 4.69) is 4.98 Å². The first kappa shape index (κ1) is 11.5. The number of phenolic OH excluding ortho intramolecular Hbond substituents is 1. The number of benzene rings is 1. The number of rotatable bonds is 3. The van der Waals surface area contributed by atoms with Crippen LogP contribution in [0, 0.1) is 0 Å². The van der Waals surface area contributed by atoms with Crippen LogP contribution >= 0.6 is 0 Å². The van der Waals surface area contributed by atoms with Gasteiger partial charge in [0.15, 0.2) is 12.0 Å². The lowest BCUT2D eigenvalue weighted by Gasteiger charge is -2.13. The van der Waals surface area contributed by atoms with Crippen LogP contribution in [-0.4, -0.2) is 35.4 Å². The fourth-order valence-electron chi connectivity index (χ4n) is 1.88. The molecule has 2 aromatic rings. The van der Waals surface area contributed by atoms with Crippen molar-refractivity contribution in [1.82, 2.24) is 9.88 Å². The molecule has 1 aromatic heterocycles. The van der Waals surface area contributed by atoms with Gasteiger partial charge in [0.05, 0.1) is 5.56 Å². The van der Waals surface area contributed by atoms with Crippen molar-refractivity contribution in [2.24, 2.45) is 0 Å². The van der Waals surface area contributed by atoms with Gasteiger partial charge in [-0.3, -0.25) is 9.78 Å². The molecular formula is C13H14N2O2. The molecule has 0 bridgehead atoms. The summed E-state index contributed by atoms with van der Waals surface area (Å²) >= 11 is 0. The lowest BCUT2D eigenvalue weighted by atomic mass is 10.0. The molecule has 0 atom stereocenters. The van der Waals surface area contributed by atoms with Gasteiger partial charge in [0, 0.05) is 18.1 Å². The van der Waals surface area contributed by atoms with Gasteiger partial charge in [-0.1, -0.05) is 6.07 Å². The van der Waals surface area contributed by atoms with Crippen molar-refractivity contribution < 1.29 is 9.90 Å². The highest BCUT2D eigenvalue weighted by Crippen LogP contribution is 2.29. The molecule has 0 fully saturated rings. The third-order valence-corrected chi connectivity index (χ3v) is 2.60. The standard InChI is InChI=1S/C13H14N2O2/c1-15(2)7-10-6-9-4-3-5-14-12(9)13(17)11(10)8-16/h3-6,8,17H,7H2,1-2H3.